The number of halogens is 1. The molecule has 0 saturated carbocycles. The molecule has 1 aromatic rings. The Kier molecular flexibility index (Phi) is 3.35. The quantitative estimate of drug-likeness (QED) is 0.890. The van der Waals surface area contributed by atoms with Crippen LogP contribution in [0, 0.1) is 12.3 Å². The molecule has 16 heavy (non-hydrogen) atoms. The van der Waals surface area contributed by atoms with Gasteiger partial charge in [-0.3, -0.25) is 0 Å². The monoisotopic (exact) mass is 285 g/mol. The van der Waals surface area contributed by atoms with Gasteiger partial charge < -0.3 is 15.6 Å². The highest BCUT2D eigenvalue weighted by Gasteiger charge is 2.44. The first kappa shape index (κ1) is 12.0. The predicted molar refractivity (Wildman–Crippen MR) is 66.1 cm³/mol. The van der Waals surface area contributed by atoms with Crippen molar-refractivity contribution in [2.45, 2.75) is 13.0 Å². The summed E-state index contributed by atoms with van der Waals surface area (Å²) >= 11 is 3.44. The van der Waals surface area contributed by atoms with E-state index in [-0.39, 0.29) is 18.1 Å². The molecule has 2 rings (SSSR count). The highest BCUT2D eigenvalue weighted by molar-refractivity contribution is 9.10. The molecule has 0 spiro atoms. The molecular weight excluding hydrogens is 270 g/mol. The van der Waals surface area contributed by atoms with Crippen LogP contribution in [0.5, 0.6) is 0 Å². The average molecular weight is 286 g/mol. The third-order valence-electron chi connectivity index (χ3n) is 3.33. The maximum Gasteiger partial charge on any atom is 0.0594 e. The van der Waals surface area contributed by atoms with Gasteiger partial charge in [-0.15, -0.1) is 0 Å². The summed E-state index contributed by atoms with van der Waals surface area (Å²) in [5.74, 6) is 0. The minimum absolute atomic E-state index is 0.0696. The lowest BCUT2D eigenvalue weighted by Gasteiger charge is -2.44. The number of aryl methyl sites for hydroxylation is 1. The van der Waals surface area contributed by atoms with Crippen LogP contribution in [0.4, 0.5) is 0 Å². The van der Waals surface area contributed by atoms with Crippen LogP contribution in [0.1, 0.15) is 17.2 Å². The first-order valence-corrected chi connectivity index (χ1v) is 6.08. The van der Waals surface area contributed by atoms with Crippen molar-refractivity contribution in [1.82, 2.24) is 0 Å². The number of aliphatic hydroxyl groups is 1. The lowest BCUT2D eigenvalue weighted by molar-refractivity contribution is -0.150. The Morgan fingerprint density at radius 3 is 2.75 bits per heavy atom. The molecule has 1 atom stereocenters. The summed E-state index contributed by atoms with van der Waals surface area (Å²) in [4.78, 5) is 0. The number of rotatable bonds is 3. The summed E-state index contributed by atoms with van der Waals surface area (Å²) in [6.45, 7) is 3.18. The van der Waals surface area contributed by atoms with Crippen LogP contribution in [0.3, 0.4) is 0 Å². The number of aliphatic hydroxyl groups excluding tert-OH is 1. The summed E-state index contributed by atoms with van der Waals surface area (Å²) in [7, 11) is 0. The minimum atomic E-state index is -0.300. The molecule has 1 unspecified atom stereocenters. The molecule has 0 aromatic heterocycles. The van der Waals surface area contributed by atoms with Crippen LogP contribution in [-0.4, -0.2) is 24.9 Å². The molecular formula is C12H16BrNO2. The van der Waals surface area contributed by atoms with Crippen molar-refractivity contribution < 1.29 is 9.84 Å². The normalized spacial score (nSPS) is 20.2. The molecule has 1 saturated heterocycles. The number of ether oxygens (including phenoxy) is 1. The SMILES string of the molecule is Cc1ccc(Br)cc1C(N)C1(CO)COC1. The van der Waals surface area contributed by atoms with E-state index in [1.54, 1.807) is 0 Å². The van der Waals surface area contributed by atoms with Crippen LogP contribution < -0.4 is 5.73 Å². The van der Waals surface area contributed by atoms with Gasteiger partial charge in [0.1, 0.15) is 0 Å². The predicted octanol–water partition coefficient (Wildman–Crippen LogP) is 1.77. The van der Waals surface area contributed by atoms with Crippen LogP contribution in [0.2, 0.25) is 0 Å². The lowest BCUT2D eigenvalue weighted by Crippen LogP contribution is -2.53. The fraction of sp³-hybridized carbons (Fsp3) is 0.500. The molecule has 0 radical (unpaired) electrons. The van der Waals surface area contributed by atoms with E-state index in [2.05, 4.69) is 15.9 Å². The number of hydrogen-bond acceptors (Lipinski definition) is 3. The molecule has 1 aliphatic rings. The second kappa shape index (κ2) is 4.45. The van der Waals surface area contributed by atoms with Crippen molar-refractivity contribution in [3.05, 3.63) is 33.8 Å². The lowest BCUT2D eigenvalue weighted by atomic mass is 9.75. The summed E-state index contributed by atoms with van der Waals surface area (Å²) in [6.07, 6.45) is 0. The van der Waals surface area contributed by atoms with Crippen LogP contribution in [-0.2, 0) is 4.74 Å². The Labute approximate surface area is 104 Å². The van der Waals surface area contributed by atoms with Crippen LogP contribution in [0.25, 0.3) is 0 Å². The number of nitrogens with two attached hydrogens (primary N) is 1. The van der Waals surface area contributed by atoms with Gasteiger partial charge in [0.05, 0.1) is 25.2 Å². The summed E-state index contributed by atoms with van der Waals surface area (Å²) < 4.78 is 6.20. The second-order valence-electron chi connectivity index (χ2n) is 4.49. The molecule has 0 bridgehead atoms. The van der Waals surface area contributed by atoms with E-state index >= 15 is 0 Å². The molecule has 1 aromatic carbocycles. The van der Waals surface area contributed by atoms with E-state index in [0.717, 1.165) is 15.6 Å². The third-order valence-corrected chi connectivity index (χ3v) is 3.82. The van der Waals surface area contributed by atoms with Gasteiger partial charge in [0.15, 0.2) is 0 Å². The zero-order chi connectivity index (χ0) is 11.8. The standard InChI is InChI=1S/C12H16BrNO2/c1-8-2-3-9(13)4-10(8)11(14)12(5-15)6-16-7-12/h2-4,11,15H,5-7,14H2,1H3. The fourth-order valence-electron chi connectivity index (χ4n) is 2.01. The van der Waals surface area contributed by atoms with Gasteiger partial charge in [-0.1, -0.05) is 22.0 Å². The zero-order valence-electron chi connectivity index (χ0n) is 9.24. The van der Waals surface area contributed by atoms with E-state index in [4.69, 9.17) is 10.5 Å². The van der Waals surface area contributed by atoms with Gasteiger partial charge >= 0.3 is 0 Å². The van der Waals surface area contributed by atoms with E-state index < -0.39 is 0 Å². The van der Waals surface area contributed by atoms with E-state index in [1.807, 2.05) is 25.1 Å². The fourth-order valence-corrected chi connectivity index (χ4v) is 2.39. The Balaban J connectivity index is 2.32. The van der Waals surface area contributed by atoms with Crippen molar-refractivity contribution in [2.75, 3.05) is 19.8 Å². The van der Waals surface area contributed by atoms with Gasteiger partial charge in [-0.25, -0.2) is 0 Å². The Morgan fingerprint density at radius 2 is 2.25 bits per heavy atom. The first-order chi connectivity index (χ1) is 7.59. The van der Waals surface area contributed by atoms with Crippen molar-refractivity contribution in [2.24, 2.45) is 11.1 Å². The number of hydrogen-bond donors (Lipinski definition) is 2. The summed E-state index contributed by atoms with van der Waals surface area (Å²) in [5.41, 5.74) is 8.18. The smallest absolute Gasteiger partial charge is 0.0594 e. The maximum atomic E-state index is 9.46. The van der Waals surface area contributed by atoms with Crippen LogP contribution in [0.15, 0.2) is 22.7 Å². The Bertz CT molecular complexity index is 385. The van der Waals surface area contributed by atoms with Crippen molar-refractivity contribution >= 4 is 15.9 Å². The molecule has 0 amide bonds. The molecule has 1 fully saturated rings. The third kappa shape index (κ3) is 1.91. The Morgan fingerprint density at radius 1 is 1.56 bits per heavy atom. The molecule has 4 heteroatoms. The highest BCUT2D eigenvalue weighted by atomic mass is 79.9. The van der Waals surface area contributed by atoms with E-state index in [0.29, 0.717) is 13.2 Å². The summed E-state index contributed by atoms with van der Waals surface area (Å²) in [5, 5.41) is 9.46. The molecule has 0 aliphatic carbocycles. The first-order valence-electron chi connectivity index (χ1n) is 5.29. The van der Waals surface area contributed by atoms with Gasteiger partial charge in [0.25, 0.3) is 0 Å². The second-order valence-corrected chi connectivity index (χ2v) is 5.41. The van der Waals surface area contributed by atoms with Gasteiger partial charge in [0, 0.05) is 10.5 Å². The van der Waals surface area contributed by atoms with Gasteiger partial charge in [-0.2, -0.15) is 0 Å². The summed E-state index contributed by atoms with van der Waals surface area (Å²) in [6, 6.07) is 5.87. The zero-order valence-corrected chi connectivity index (χ0v) is 10.8. The average Bonchev–Trinajstić information content (AvgIpc) is 2.21. The molecule has 3 nitrogen and oxygen atoms in total. The topological polar surface area (TPSA) is 55.5 Å². The van der Waals surface area contributed by atoms with Crippen molar-refractivity contribution in [3.8, 4) is 0 Å². The van der Waals surface area contributed by atoms with E-state index in [1.165, 1.54) is 0 Å². The van der Waals surface area contributed by atoms with Gasteiger partial charge in [-0.05, 0) is 30.2 Å². The minimum Gasteiger partial charge on any atom is -0.396 e. The van der Waals surface area contributed by atoms with Crippen molar-refractivity contribution in [1.29, 1.82) is 0 Å². The molecule has 1 aliphatic heterocycles. The molecule has 88 valence electrons. The Hall–Kier alpha value is -0.420. The molecule has 1 heterocycles. The number of benzene rings is 1. The highest BCUT2D eigenvalue weighted by Crippen LogP contribution is 2.40. The molecule has 3 N–H and O–H groups in total. The van der Waals surface area contributed by atoms with Gasteiger partial charge in [0.2, 0.25) is 0 Å². The van der Waals surface area contributed by atoms with Crippen molar-refractivity contribution in [3.63, 3.8) is 0 Å². The maximum absolute atomic E-state index is 9.46. The van der Waals surface area contributed by atoms with Crippen LogP contribution >= 0.6 is 15.9 Å². The van der Waals surface area contributed by atoms with E-state index in [9.17, 15) is 5.11 Å². The largest absolute Gasteiger partial charge is 0.396 e.